The number of carboxylic acid groups (broad SMARTS) is 1. The maximum atomic E-state index is 11.9. The van der Waals surface area contributed by atoms with E-state index in [1.165, 1.54) is 6.39 Å². The molecule has 0 saturated heterocycles. The quantitative estimate of drug-likeness (QED) is 0.840. The summed E-state index contributed by atoms with van der Waals surface area (Å²) in [6, 6.07) is -0.0833. The molecular weight excluding hydrogens is 236 g/mol. The van der Waals surface area contributed by atoms with E-state index in [4.69, 9.17) is 9.52 Å². The van der Waals surface area contributed by atoms with Crippen molar-refractivity contribution in [2.45, 2.75) is 38.6 Å². The predicted octanol–water partition coefficient (Wildman–Crippen LogP) is 1.22. The maximum absolute atomic E-state index is 11.9. The van der Waals surface area contributed by atoms with E-state index in [1.54, 1.807) is 0 Å². The standard InChI is InChI=1S/C12H16N2O4/c1-2-9-10(13-6-18-9)11(15)14-8-4-3-7(5-8)12(16)17/h6-8H,2-5H2,1H3,(H,14,15)(H,16,17)/t7-,8+/m0/s1. The van der Waals surface area contributed by atoms with Crippen LogP contribution in [0.1, 0.15) is 42.4 Å². The Balaban J connectivity index is 1.95. The molecule has 2 rings (SSSR count). The van der Waals surface area contributed by atoms with Crippen LogP contribution < -0.4 is 5.32 Å². The first-order valence-electron chi connectivity index (χ1n) is 6.07. The van der Waals surface area contributed by atoms with Crippen molar-refractivity contribution < 1.29 is 19.1 Å². The van der Waals surface area contributed by atoms with Gasteiger partial charge in [0.2, 0.25) is 0 Å². The van der Waals surface area contributed by atoms with Crippen LogP contribution >= 0.6 is 0 Å². The lowest BCUT2D eigenvalue weighted by Crippen LogP contribution is -2.34. The molecule has 0 aromatic carbocycles. The molecule has 2 N–H and O–H groups in total. The van der Waals surface area contributed by atoms with E-state index < -0.39 is 5.97 Å². The molecule has 1 amide bonds. The van der Waals surface area contributed by atoms with Gasteiger partial charge in [-0.3, -0.25) is 9.59 Å². The summed E-state index contributed by atoms with van der Waals surface area (Å²) >= 11 is 0. The average Bonchev–Trinajstić information content (AvgIpc) is 2.96. The summed E-state index contributed by atoms with van der Waals surface area (Å²) in [6.07, 6.45) is 3.65. The second kappa shape index (κ2) is 5.20. The van der Waals surface area contributed by atoms with Crippen molar-refractivity contribution in [1.82, 2.24) is 10.3 Å². The molecule has 1 aliphatic rings. The Morgan fingerprint density at radius 1 is 1.56 bits per heavy atom. The lowest BCUT2D eigenvalue weighted by atomic mass is 10.1. The highest BCUT2D eigenvalue weighted by molar-refractivity contribution is 5.93. The van der Waals surface area contributed by atoms with Gasteiger partial charge in [0.05, 0.1) is 5.92 Å². The Hall–Kier alpha value is -1.85. The normalized spacial score (nSPS) is 22.9. The number of nitrogens with one attached hydrogen (secondary N) is 1. The molecule has 1 saturated carbocycles. The van der Waals surface area contributed by atoms with E-state index in [2.05, 4.69) is 10.3 Å². The minimum Gasteiger partial charge on any atom is -0.481 e. The maximum Gasteiger partial charge on any atom is 0.306 e. The molecule has 1 aromatic rings. The van der Waals surface area contributed by atoms with Gasteiger partial charge < -0.3 is 14.8 Å². The van der Waals surface area contributed by atoms with E-state index in [0.717, 1.165) is 0 Å². The molecule has 0 radical (unpaired) electrons. The molecule has 0 unspecified atom stereocenters. The SMILES string of the molecule is CCc1ocnc1C(=O)N[C@@H]1CC[C@H](C(=O)O)C1. The second-order valence-corrected chi connectivity index (χ2v) is 4.50. The second-order valence-electron chi connectivity index (χ2n) is 4.50. The third-order valence-corrected chi connectivity index (χ3v) is 3.29. The number of oxazole rings is 1. The van der Waals surface area contributed by atoms with Crippen LogP contribution in [0.15, 0.2) is 10.8 Å². The molecule has 1 aliphatic carbocycles. The fourth-order valence-corrected chi connectivity index (χ4v) is 2.30. The molecule has 98 valence electrons. The summed E-state index contributed by atoms with van der Waals surface area (Å²) in [4.78, 5) is 26.6. The Morgan fingerprint density at radius 3 is 2.94 bits per heavy atom. The van der Waals surface area contributed by atoms with Crippen LogP contribution in [0.5, 0.6) is 0 Å². The van der Waals surface area contributed by atoms with E-state index in [-0.39, 0.29) is 17.9 Å². The first kappa shape index (κ1) is 12.6. The highest BCUT2D eigenvalue weighted by Gasteiger charge is 2.31. The van der Waals surface area contributed by atoms with E-state index >= 15 is 0 Å². The largest absolute Gasteiger partial charge is 0.481 e. The summed E-state index contributed by atoms with van der Waals surface area (Å²) in [5.41, 5.74) is 0.302. The zero-order valence-corrected chi connectivity index (χ0v) is 10.2. The Labute approximate surface area is 104 Å². The van der Waals surface area contributed by atoms with Crippen molar-refractivity contribution in [2.75, 3.05) is 0 Å². The molecule has 1 aromatic heterocycles. The van der Waals surface area contributed by atoms with Gasteiger partial charge in [-0.25, -0.2) is 4.98 Å². The van der Waals surface area contributed by atoms with Gasteiger partial charge in [-0.15, -0.1) is 0 Å². The minimum absolute atomic E-state index is 0.0833. The van der Waals surface area contributed by atoms with Crippen LogP contribution in [0.4, 0.5) is 0 Å². The van der Waals surface area contributed by atoms with Gasteiger partial charge in [0, 0.05) is 12.5 Å². The van der Waals surface area contributed by atoms with Gasteiger partial charge in [-0.2, -0.15) is 0 Å². The van der Waals surface area contributed by atoms with Gasteiger partial charge in [0.25, 0.3) is 5.91 Å². The predicted molar refractivity (Wildman–Crippen MR) is 62.1 cm³/mol. The van der Waals surface area contributed by atoms with E-state index in [1.807, 2.05) is 6.92 Å². The molecule has 6 nitrogen and oxygen atoms in total. The molecule has 6 heteroatoms. The highest BCUT2D eigenvalue weighted by atomic mass is 16.4. The number of nitrogens with zero attached hydrogens (tertiary/aromatic N) is 1. The first-order valence-corrected chi connectivity index (χ1v) is 6.07. The number of aryl methyl sites for hydroxylation is 1. The van der Waals surface area contributed by atoms with Crippen molar-refractivity contribution in [3.05, 3.63) is 17.8 Å². The van der Waals surface area contributed by atoms with Crippen molar-refractivity contribution in [3.63, 3.8) is 0 Å². The van der Waals surface area contributed by atoms with Crippen molar-refractivity contribution >= 4 is 11.9 Å². The number of amides is 1. The monoisotopic (exact) mass is 252 g/mol. The Bertz CT molecular complexity index is 455. The number of carbonyl (C=O) groups excluding carboxylic acids is 1. The van der Waals surface area contributed by atoms with Gasteiger partial charge in [-0.1, -0.05) is 6.92 Å². The smallest absolute Gasteiger partial charge is 0.306 e. The fraction of sp³-hybridized carbons (Fsp3) is 0.583. The molecule has 2 atom stereocenters. The zero-order valence-electron chi connectivity index (χ0n) is 10.2. The van der Waals surface area contributed by atoms with Crippen LogP contribution in [-0.4, -0.2) is 28.0 Å². The van der Waals surface area contributed by atoms with Crippen LogP contribution in [0.25, 0.3) is 0 Å². The Kier molecular flexibility index (Phi) is 3.64. The molecule has 1 fully saturated rings. The summed E-state index contributed by atoms with van der Waals surface area (Å²) in [6.45, 7) is 1.88. The van der Waals surface area contributed by atoms with Gasteiger partial charge >= 0.3 is 5.97 Å². The van der Waals surface area contributed by atoms with E-state index in [9.17, 15) is 9.59 Å². The molecule has 0 bridgehead atoms. The number of rotatable bonds is 4. The number of hydrogen-bond acceptors (Lipinski definition) is 4. The lowest BCUT2D eigenvalue weighted by molar-refractivity contribution is -0.141. The lowest BCUT2D eigenvalue weighted by Gasteiger charge is -2.11. The first-order chi connectivity index (χ1) is 8.61. The van der Waals surface area contributed by atoms with Crippen LogP contribution in [-0.2, 0) is 11.2 Å². The number of hydrogen-bond donors (Lipinski definition) is 2. The van der Waals surface area contributed by atoms with Gasteiger partial charge in [-0.05, 0) is 19.3 Å². The topological polar surface area (TPSA) is 92.4 Å². The van der Waals surface area contributed by atoms with E-state index in [0.29, 0.717) is 37.1 Å². The van der Waals surface area contributed by atoms with Crippen molar-refractivity contribution in [3.8, 4) is 0 Å². The van der Waals surface area contributed by atoms with Crippen LogP contribution in [0.3, 0.4) is 0 Å². The van der Waals surface area contributed by atoms with Gasteiger partial charge in [0.1, 0.15) is 5.76 Å². The van der Waals surface area contributed by atoms with Crippen molar-refractivity contribution in [1.29, 1.82) is 0 Å². The molecule has 18 heavy (non-hydrogen) atoms. The summed E-state index contributed by atoms with van der Waals surface area (Å²) in [7, 11) is 0. The molecule has 1 heterocycles. The molecule has 0 spiro atoms. The van der Waals surface area contributed by atoms with Crippen LogP contribution in [0, 0.1) is 5.92 Å². The van der Waals surface area contributed by atoms with Crippen molar-refractivity contribution in [2.24, 2.45) is 5.92 Å². The third kappa shape index (κ3) is 2.52. The average molecular weight is 252 g/mol. The Morgan fingerprint density at radius 2 is 2.33 bits per heavy atom. The third-order valence-electron chi connectivity index (χ3n) is 3.29. The fourth-order valence-electron chi connectivity index (χ4n) is 2.30. The number of aromatic nitrogens is 1. The highest BCUT2D eigenvalue weighted by Crippen LogP contribution is 2.26. The number of carboxylic acids is 1. The minimum atomic E-state index is -0.789. The molecule has 0 aliphatic heterocycles. The van der Waals surface area contributed by atoms with Gasteiger partial charge in [0.15, 0.2) is 12.1 Å². The number of aliphatic carboxylic acids is 1. The summed E-state index contributed by atoms with van der Waals surface area (Å²) in [5.74, 6) is -0.863. The van der Waals surface area contributed by atoms with Crippen LogP contribution in [0.2, 0.25) is 0 Å². The number of carbonyl (C=O) groups is 2. The zero-order chi connectivity index (χ0) is 13.1. The summed E-state index contributed by atoms with van der Waals surface area (Å²) < 4.78 is 5.09. The summed E-state index contributed by atoms with van der Waals surface area (Å²) in [5, 5.41) is 11.7. The molecular formula is C12H16N2O4.